The minimum atomic E-state index is -0.479. The summed E-state index contributed by atoms with van der Waals surface area (Å²) in [6.45, 7) is 3.94. The van der Waals surface area contributed by atoms with E-state index in [2.05, 4.69) is 15.5 Å². The van der Waals surface area contributed by atoms with Crippen LogP contribution in [0.1, 0.15) is 37.5 Å². The van der Waals surface area contributed by atoms with Crippen molar-refractivity contribution < 1.29 is 14.3 Å². The van der Waals surface area contributed by atoms with E-state index in [1.54, 1.807) is 42.5 Å². The van der Waals surface area contributed by atoms with Gasteiger partial charge in [-0.15, -0.1) is 0 Å². The molecule has 0 fully saturated rings. The van der Waals surface area contributed by atoms with E-state index in [9.17, 15) is 9.59 Å². The van der Waals surface area contributed by atoms with Crippen LogP contribution in [0, 0.1) is 13.8 Å². The minimum absolute atomic E-state index is 0.328. The van der Waals surface area contributed by atoms with Gasteiger partial charge in [0.25, 0.3) is 5.91 Å². The normalized spacial score (nSPS) is 11.1. The number of benzene rings is 4. The molecule has 0 aliphatic carbocycles. The van der Waals surface area contributed by atoms with Crippen LogP contribution < -0.4 is 10.2 Å². The second-order valence-electron chi connectivity index (χ2n) is 8.90. The number of carbonyl (C=O) groups is 2. The number of amides is 1. The van der Waals surface area contributed by atoms with E-state index < -0.39 is 11.9 Å². The highest BCUT2D eigenvalue weighted by Crippen LogP contribution is 2.37. The Kier molecular flexibility index (Phi) is 7.07. The van der Waals surface area contributed by atoms with Gasteiger partial charge in [0.15, 0.2) is 0 Å². The largest absolute Gasteiger partial charge is 0.422 e. The number of esters is 1. The van der Waals surface area contributed by atoms with Crippen molar-refractivity contribution in [3.8, 4) is 16.9 Å². The number of para-hydroxylation sites is 1. The third-order valence-electron chi connectivity index (χ3n) is 6.10. The highest BCUT2D eigenvalue weighted by Gasteiger charge is 2.21. The molecule has 1 amide bonds. The lowest BCUT2D eigenvalue weighted by molar-refractivity contribution is 0.0734. The van der Waals surface area contributed by atoms with Gasteiger partial charge in [0.1, 0.15) is 11.4 Å². The second kappa shape index (κ2) is 10.7. The number of hydrogen-bond donors (Lipinski definition) is 2. The third kappa shape index (κ3) is 5.21. The number of halogens is 1. The second-order valence-corrected chi connectivity index (χ2v) is 9.30. The van der Waals surface area contributed by atoms with Crippen molar-refractivity contribution in [3.05, 3.63) is 124 Å². The molecule has 0 saturated carbocycles. The molecule has 0 aliphatic rings. The van der Waals surface area contributed by atoms with Crippen molar-refractivity contribution in [1.82, 2.24) is 10.4 Å². The molecule has 0 spiro atoms. The molecule has 0 saturated heterocycles. The maximum absolute atomic E-state index is 13.3. The predicted octanol–water partition coefficient (Wildman–Crippen LogP) is 7.09. The van der Waals surface area contributed by atoms with Gasteiger partial charge in [0, 0.05) is 32.6 Å². The number of aromatic nitrogens is 1. The summed E-state index contributed by atoms with van der Waals surface area (Å²) >= 11 is 6.51. The molecule has 7 heteroatoms. The quantitative estimate of drug-likeness (QED) is 0.108. The van der Waals surface area contributed by atoms with Crippen molar-refractivity contribution in [1.29, 1.82) is 0 Å². The molecule has 0 atom stereocenters. The van der Waals surface area contributed by atoms with Gasteiger partial charge < -0.3 is 9.72 Å². The first-order valence-electron chi connectivity index (χ1n) is 12.0. The van der Waals surface area contributed by atoms with E-state index in [4.69, 9.17) is 16.3 Å². The highest BCUT2D eigenvalue weighted by molar-refractivity contribution is 6.34. The highest BCUT2D eigenvalue weighted by atomic mass is 35.5. The van der Waals surface area contributed by atoms with Gasteiger partial charge in [-0.1, -0.05) is 71.3 Å². The fourth-order valence-electron chi connectivity index (χ4n) is 4.16. The summed E-state index contributed by atoms with van der Waals surface area (Å²) < 4.78 is 5.59. The van der Waals surface area contributed by atoms with E-state index in [1.807, 2.05) is 62.4 Å². The monoisotopic (exact) mass is 521 g/mol. The summed E-state index contributed by atoms with van der Waals surface area (Å²) in [5, 5.41) is 5.57. The average molecular weight is 522 g/mol. The Bertz CT molecular complexity index is 1690. The third-order valence-corrected chi connectivity index (χ3v) is 6.43. The fraction of sp³-hybridized carbons (Fsp3) is 0.0645. The Morgan fingerprint density at radius 1 is 0.895 bits per heavy atom. The van der Waals surface area contributed by atoms with Gasteiger partial charge in [-0.2, -0.15) is 5.10 Å². The standard InChI is InChI=1S/C31H24ClN3O3/c1-19-11-14-21(15-12-19)31(37)38-27-10-6-3-7-22(27)18-33-35-30(36)29-28(23-8-4-5-9-25(23)32)24-17-20(2)13-16-26(24)34-29/h3-18,34H,1-2H3,(H,35,36). The van der Waals surface area contributed by atoms with Crippen molar-refractivity contribution in [2.75, 3.05) is 0 Å². The first-order valence-corrected chi connectivity index (χ1v) is 12.4. The lowest BCUT2D eigenvalue weighted by Crippen LogP contribution is -2.19. The predicted molar refractivity (Wildman–Crippen MR) is 151 cm³/mol. The van der Waals surface area contributed by atoms with Crippen LogP contribution >= 0.6 is 11.6 Å². The molecule has 1 aromatic heterocycles. The lowest BCUT2D eigenvalue weighted by atomic mass is 10.0. The Hall–Kier alpha value is -4.68. The number of nitrogens with one attached hydrogen (secondary N) is 2. The summed E-state index contributed by atoms with van der Waals surface area (Å²) in [6.07, 6.45) is 1.44. The molecule has 0 bridgehead atoms. The molecule has 0 aliphatic heterocycles. The molecule has 6 nitrogen and oxygen atoms in total. The number of hydrogen-bond acceptors (Lipinski definition) is 4. The Balaban J connectivity index is 1.40. The minimum Gasteiger partial charge on any atom is -0.422 e. The number of H-pyrrole nitrogens is 1. The summed E-state index contributed by atoms with van der Waals surface area (Å²) in [6, 6.07) is 27.4. The molecule has 5 rings (SSSR count). The van der Waals surface area contributed by atoms with Crippen LogP contribution in [0.5, 0.6) is 5.75 Å². The molecular weight excluding hydrogens is 498 g/mol. The van der Waals surface area contributed by atoms with Crippen LogP contribution in [0.3, 0.4) is 0 Å². The molecule has 38 heavy (non-hydrogen) atoms. The van der Waals surface area contributed by atoms with E-state index >= 15 is 0 Å². The van der Waals surface area contributed by atoms with Crippen LogP contribution in [0.25, 0.3) is 22.0 Å². The summed E-state index contributed by atoms with van der Waals surface area (Å²) in [4.78, 5) is 29.1. The first kappa shape index (κ1) is 25.0. The smallest absolute Gasteiger partial charge is 0.343 e. The Morgan fingerprint density at radius 2 is 1.61 bits per heavy atom. The molecule has 5 aromatic rings. The van der Waals surface area contributed by atoms with Crippen LogP contribution in [0.4, 0.5) is 0 Å². The zero-order valence-corrected chi connectivity index (χ0v) is 21.5. The number of nitrogens with zero attached hydrogens (tertiary/aromatic N) is 1. The van der Waals surface area contributed by atoms with E-state index in [1.165, 1.54) is 6.21 Å². The van der Waals surface area contributed by atoms with E-state index in [0.717, 1.165) is 27.6 Å². The molecule has 4 aromatic carbocycles. The molecule has 188 valence electrons. The fourth-order valence-corrected chi connectivity index (χ4v) is 4.39. The molecule has 2 N–H and O–H groups in total. The maximum atomic E-state index is 13.3. The van der Waals surface area contributed by atoms with Gasteiger partial charge in [0.05, 0.1) is 11.8 Å². The topological polar surface area (TPSA) is 83.5 Å². The SMILES string of the molecule is Cc1ccc(C(=O)Oc2ccccc2C=NNC(=O)c2[nH]c3ccc(C)cc3c2-c2ccccc2Cl)cc1. The van der Waals surface area contributed by atoms with Crippen molar-refractivity contribution in [3.63, 3.8) is 0 Å². The molecule has 0 radical (unpaired) electrons. The van der Waals surface area contributed by atoms with Crippen LogP contribution in [-0.2, 0) is 0 Å². The number of aryl methyl sites for hydroxylation is 2. The number of rotatable bonds is 6. The van der Waals surface area contributed by atoms with E-state index in [-0.39, 0.29) is 0 Å². The van der Waals surface area contributed by atoms with Crippen LogP contribution in [-0.4, -0.2) is 23.1 Å². The molecular formula is C31H24ClN3O3. The summed E-state index contributed by atoms with van der Waals surface area (Å²) in [5.74, 6) is -0.583. The van der Waals surface area contributed by atoms with Crippen molar-refractivity contribution >= 4 is 40.6 Å². The van der Waals surface area contributed by atoms with Gasteiger partial charge in [-0.05, 0) is 56.3 Å². The van der Waals surface area contributed by atoms with Crippen LogP contribution in [0.2, 0.25) is 5.02 Å². The van der Waals surface area contributed by atoms with Crippen molar-refractivity contribution in [2.45, 2.75) is 13.8 Å². The van der Waals surface area contributed by atoms with E-state index in [0.29, 0.717) is 33.2 Å². The zero-order chi connectivity index (χ0) is 26.6. The average Bonchev–Trinajstić information content (AvgIpc) is 3.28. The number of hydrazone groups is 1. The number of aromatic amines is 1. The van der Waals surface area contributed by atoms with Crippen LogP contribution in [0.15, 0.2) is 96.1 Å². The van der Waals surface area contributed by atoms with Gasteiger partial charge in [0.2, 0.25) is 0 Å². The summed E-state index contributed by atoms with van der Waals surface area (Å²) in [7, 11) is 0. The Labute approximate surface area is 224 Å². The number of ether oxygens (including phenoxy) is 1. The maximum Gasteiger partial charge on any atom is 0.343 e. The number of fused-ring (bicyclic) bond motifs is 1. The van der Waals surface area contributed by atoms with Crippen molar-refractivity contribution in [2.24, 2.45) is 5.10 Å². The summed E-state index contributed by atoms with van der Waals surface area (Å²) in [5.41, 5.74) is 8.28. The zero-order valence-electron chi connectivity index (χ0n) is 20.8. The van der Waals surface area contributed by atoms with Gasteiger partial charge in [-0.3, -0.25) is 4.79 Å². The Morgan fingerprint density at radius 3 is 2.39 bits per heavy atom. The first-order chi connectivity index (χ1) is 18.4. The lowest BCUT2D eigenvalue weighted by Gasteiger charge is -2.08. The van der Waals surface area contributed by atoms with Gasteiger partial charge in [-0.25, -0.2) is 10.2 Å². The van der Waals surface area contributed by atoms with Gasteiger partial charge >= 0.3 is 5.97 Å². The number of carbonyl (C=O) groups excluding carboxylic acids is 2. The molecule has 0 unspecified atom stereocenters. The molecule has 1 heterocycles.